The molecule has 2 heterocycles. The zero-order valence-electron chi connectivity index (χ0n) is 12.0. The Bertz CT molecular complexity index is 955. The van der Waals surface area contributed by atoms with Gasteiger partial charge in [-0.25, -0.2) is 9.97 Å². The zero-order valence-corrected chi connectivity index (χ0v) is 12.0. The van der Waals surface area contributed by atoms with Gasteiger partial charge in [0.15, 0.2) is 5.69 Å². The highest BCUT2D eigenvalue weighted by atomic mass is 16.6. The van der Waals surface area contributed by atoms with Gasteiger partial charge in [0.05, 0.1) is 12.0 Å². The second-order valence-electron chi connectivity index (χ2n) is 4.54. The molecule has 9 nitrogen and oxygen atoms in total. The lowest BCUT2D eigenvalue weighted by Gasteiger charge is -2.00. The quantitative estimate of drug-likeness (QED) is 0.576. The minimum absolute atomic E-state index is 0.0529. The third kappa shape index (κ3) is 2.67. The molecule has 0 saturated heterocycles. The van der Waals surface area contributed by atoms with Crippen LogP contribution in [0.3, 0.4) is 0 Å². The van der Waals surface area contributed by atoms with Crippen molar-refractivity contribution in [3.8, 4) is 5.75 Å². The maximum atomic E-state index is 12.1. The maximum absolute atomic E-state index is 12.1. The van der Waals surface area contributed by atoms with Gasteiger partial charge in [0.2, 0.25) is 0 Å². The SMILES string of the molecule is COc1ccc(C=Cc2nc3nc[nH]n3c(=O)c2[N+](=O)[O-])cc1. The average molecular weight is 313 g/mol. The summed E-state index contributed by atoms with van der Waals surface area (Å²) in [5, 5.41) is 13.7. The van der Waals surface area contributed by atoms with Crippen molar-refractivity contribution in [2.24, 2.45) is 0 Å². The van der Waals surface area contributed by atoms with Crippen molar-refractivity contribution in [2.45, 2.75) is 0 Å². The minimum Gasteiger partial charge on any atom is -0.497 e. The van der Waals surface area contributed by atoms with Crippen molar-refractivity contribution in [3.63, 3.8) is 0 Å². The Kier molecular flexibility index (Phi) is 3.59. The number of hydrogen-bond donors (Lipinski definition) is 1. The first-order chi connectivity index (χ1) is 11.1. The molecule has 0 unspecified atom stereocenters. The molecule has 3 rings (SSSR count). The van der Waals surface area contributed by atoms with E-state index < -0.39 is 16.2 Å². The normalized spacial score (nSPS) is 11.2. The molecule has 116 valence electrons. The molecule has 0 amide bonds. The van der Waals surface area contributed by atoms with Crippen LogP contribution in [0.25, 0.3) is 17.9 Å². The Morgan fingerprint density at radius 1 is 1.30 bits per heavy atom. The van der Waals surface area contributed by atoms with Crippen LogP contribution in [0.5, 0.6) is 5.75 Å². The molecule has 0 radical (unpaired) electrons. The van der Waals surface area contributed by atoms with Crippen LogP contribution in [0.2, 0.25) is 0 Å². The number of nitrogens with one attached hydrogen (secondary N) is 1. The van der Waals surface area contributed by atoms with Gasteiger partial charge in [0.1, 0.15) is 12.1 Å². The molecular formula is C14H11N5O4. The van der Waals surface area contributed by atoms with Gasteiger partial charge in [0, 0.05) is 0 Å². The number of ether oxygens (including phenoxy) is 1. The first-order valence-corrected chi connectivity index (χ1v) is 6.53. The number of rotatable bonds is 4. The summed E-state index contributed by atoms with van der Waals surface area (Å²) in [5.41, 5.74) is -0.699. The number of aromatic amines is 1. The fourth-order valence-corrected chi connectivity index (χ4v) is 2.04. The Morgan fingerprint density at radius 3 is 2.70 bits per heavy atom. The molecule has 0 aliphatic carbocycles. The van der Waals surface area contributed by atoms with E-state index in [1.807, 2.05) is 0 Å². The molecule has 0 fully saturated rings. The highest BCUT2D eigenvalue weighted by molar-refractivity contribution is 5.72. The van der Waals surface area contributed by atoms with Crippen molar-refractivity contribution in [1.29, 1.82) is 0 Å². The number of nitrogens with zero attached hydrogens (tertiary/aromatic N) is 4. The second-order valence-corrected chi connectivity index (χ2v) is 4.54. The Balaban J connectivity index is 2.07. The number of fused-ring (bicyclic) bond motifs is 1. The van der Waals surface area contributed by atoms with Gasteiger partial charge in [-0.05, 0) is 23.8 Å². The number of methoxy groups -OCH3 is 1. The van der Waals surface area contributed by atoms with Gasteiger partial charge < -0.3 is 4.74 Å². The summed E-state index contributed by atoms with van der Waals surface area (Å²) in [6.07, 6.45) is 4.28. The number of nitro groups is 1. The predicted molar refractivity (Wildman–Crippen MR) is 82.2 cm³/mol. The summed E-state index contributed by atoms with van der Waals surface area (Å²) < 4.78 is 5.98. The fraction of sp³-hybridized carbons (Fsp3) is 0.0714. The number of H-pyrrole nitrogens is 1. The maximum Gasteiger partial charge on any atom is 0.361 e. The standard InChI is InChI=1S/C14H11N5O4/c1-23-10-5-2-9(3-6-10)4-7-11-12(19(21)22)13(20)18-14(17-11)15-8-16-18/h2-8H,1H3,(H,15,16,17). The molecule has 0 spiro atoms. The van der Waals surface area contributed by atoms with Gasteiger partial charge in [-0.15, -0.1) is 0 Å². The van der Waals surface area contributed by atoms with E-state index in [2.05, 4.69) is 15.1 Å². The molecule has 23 heavy (non-hydrogen) atoms. The highest BCUT2D eigenvalue weighted by Crippen LogP contribution is 2.17. The molecule has 0 atom stereocenters. The summed E-state index contributed by atoms with van der Waals surface area (Å²) in [6.45, 7) is 0. The van der Waals surface area contributed by atoms with E-state index in [-0.39, 0.29) is 11.5 Å². The number of hydrogen-bond acceptors (Lipinski definition) is 6. The lowest BCUT2D eigenvalue weighted by Crippen LogP contribution is -2.20. The first kappa shape index (κ1) is 14.4. The van der Waals surface area contributed by atoms with E-state index >= 15 is 0 Å². The van der Waals surface area contributed by atoms with Gasteiger partial charge in [-0.3, -0.25) is 20.0 Å². The minimum atomic E-state index is -0.813. The molecule has 2 aromatic heterocycles. The Hall–Kier alpha value is -3.49. The number of benzene rings is 1. The smallest absolute Gasteiger partial charge is 0.361 e. The zero-order chi connectivity index (χ0) is 16.4. The van der Waals surface area contributed by atoms with Crippen LogP contribution in [0.1, 0.15) is 11.3 Å². The third-order valence-electron chi connectivity index (χ3n) is 3.17. The van der Waals surface area contributed by atoms with Gasteiger partial charge in [-0.1, -0.05) is 18.2 Å². The lowest BCUT2D eigenvalue weighted by molar-refractivity contribution is -0.386. The van der Waals surface area contributed by atoms with Crippen LogP contribution in [0.15, 0.2) is 35.4 Å². The van der Waals surface area contributed by atoms with Crippen molar-refractivity contribution in [2.75, 3.05) is 7.11 Å². The average Bonchev–Trinajstić information content (AvgIpc) is 3.02. The Labute approximate surface area is 129 Å². The van der Waals surface area contributed by atoms with Crippen molar-refractivity contribution in [3.05, 3.63) is 62.3 Å². The van der Waals surface area contributed by atoms with Crippen LogP contribution in [-0.2, 0) is 0 Å². The van der Waals surface area contributed by atoms with Crippen LogP contribution < -0.4 is 10.3 Å². The molecule has 0 bridgehead atoms. The van der Waals surface area contributed by atoms with E-state index in [9.17, 15) is 14.9 Å². The highest BCUT2D eigenvalue weighted by Gasteiger charge is 2.22. The topological polar surface area (TPSA) is 115 Å². The van der Waals surface area contributed by atoms with Crippen LogP contribution in [-0.4, -0.2) is 31.6 Å². The molecule has 9 heteroatoms. The number of aromatic nitrogens is 4. The van der Waals surface area contributed by atoms with Gasteiger partial charge in [-0.2, -0.15) is 4.52 Å². The Morgan fingerprint density at radius 2 is 2.04 bits per heavy atom. The van der Waals surface area contributed by atoms with Crippen LogP contribution in [0, 0.1) is 10.1 Å². The first-order valence-electron chi connectivity index (χ1n) is 6.53. The van der Waals surface area contributed by atoms with Crippen molar-refractivity contribution < 1.29 is 9.66 Å². The molecule has 1 aromatic carbocycles. The molecule has 0 aliphatic heterocycles. The second kappa shape index (κ2) is 5.72. The summed E-state index contributed by atoms with van der Waals surface area (Å²) in [5.74, 6) is 0.762. The molecule has 0 saturated carbocycles. The van der Waals surface area contributed by atoms with E-state index in [0.717, 1.165) is 10.1 Å². The van der Waals surface area contributed by atoms with Gasteiger partial charge >= 0.3 is 11.2 Å². The molecule has 1 N–H and O–H groups in total. The molecule has 3 aromatic rings. The van der Waals surface area contributed by atoms with Crippen molar-refractivity contribution in [1.82, 2.24) is 19.6 Å². The fourth-order valence-electron chi connectivity index (χ4n) is 2.04. The van der Waals surface area contributed by atoms with Gasteiger partial charge in [0.25, 0.3) is 5.78 Å². The summed E-state index contributed by atoms with van der Waals surface area (Å²) >= 11 is 0. The van der Waals surface area contributed by atoms with Crippen LogP contribution in [0.4, 0.5) is 5.69 Å². The molecular weight excluding hydrogens is 302 g/mol. The lowest BCUT2D eigenvalue weighted by atomic mass is 10.2. The third-order valence-corrected chi connectivity index (χ3v) is 3.17. The predicted octanol–water partition coefficient (Wildman–Crippen LogP) is 1.50. The monoisotopic (exact) mass is 313 g/mol. The van der Waals surface area contributed by atoms with Crippen molar-refractivity contribution >= 4 is 23.6 Å². The summed E-state index contributed by atoms with van der Waals surface area (Å²) in [6, 6.07) is 7.07. The van der Waals surface area contributed by atoms with E-state index in [1.165, 1.54) is 12.4 Å². The van der Waals surface area contributed by atoms with Crippen LogP contribution >= 0.6 is 0 Å². The van der Waals surface area contributed by atoms with E-state index in [1.54, 1.807) is 37.5 Å². The largest absolute Gasteiger partial charge is 0.497 e. The summed E-state index contributed by atoms with van der Waals surface area (Å²) in [4.78, 5) is 30.4. The summed E-state index contributed by atoms with van der Waals surface area (Å²) in [7, 11) is 1.56. The molecule has 0 aliphatic rings. The van der Waals surface area contributed by atoms with E-state index in [0.29, 0.717) is 5.75 Å². The van der Waals surface area contributed by atoms with E-state index in [4.69, 9.17) is 4.74 Å².